The summed E-state index contributed by atoms with van der Waals surface area (Å²) < 4.78 is 34.4. The Bertz CT molecular complexity index is 1470. The summed E-state index contributed by atoms with van der Waals surface area (Å²) in [5, 5.41) is 72.3. The van der Waals surface area contributed by atoms with E-state index in [-0.39, 0.29) is 19.6 Å². The van der Waals surface area contributed by atoms with E-state index in [1.807, 2.05) is 0 Å². The lowest BCUT2D eigenvalue weighted by molar-refractivity contribution is -0.332. The fourth-order valence-corrected chi connectivity index (χ4v) is 9.21. The fraction of sp³-hybridized carbons (Fsp3) is 0.820. The predicted molar refractivity (Wildman–Crippen MR) is 298 cm³/mol. The molecular formula is C61H108O14. The molecule has 11 atom stereocenters. The average Bonchev–Trinajstić information content (AvgIpc) is 3.41. The first-order valence-electron chi connectivity index (χ1n) is 29.9. The first kappa shape index (κ1) is 68.8. The van der Waals surface area contributed by atoms with E-state index in [9.17, 15) is 40.5 Å². The molecule has 0 aliphatic carbocycles. The zero-order valence-electron chi connectivity index (χ0n) is 46.8. The van der Waals surface area contributed by atoms with Gasteiger partial charge in [-0.3, -0.25) is 4.79 Å². The largest absolute Gasteiger partial charge is 0.457 e. The molecule has 75 heavy (non-hydrogen) atoms. The number of carbonyl (C=O) groups is 1. The van der Waals surface area contributed by atoms with E-state index in [2.05, 4.69) is 74.6 Å². The van der Waals surface area contributed by atoms with Crippen molar-refractivity contribution in [2.45, 2.75) is 287 Å². The van der Waals surface area contributed by atoms with Crippen LogP contribution in [0.1, 0.15) is 219 Å². The second-order valence-corrected chi connectivity index (χ2v) is 20.8. The molecule has 436 valence electrons. The Morgan fingerprint density at radius 2 is 0.867 bits per heavy atom. The molecule has 2 aliphatic rings. The molecule has 0 aromatic rings. The van der Waals surface area contributed by atoms with Crippen LogP contribution in [-0.2, 0) is 33.2 Å². The Kier molecular flexibility index (Phi) is 43.7. The van der Waals surface area contributed by atoms with Gasteiger partial charge < -0.3 is 64.2 Å². The molecule has 2 aliphatic heterocycles. The number of allylic oxidation sites excluding steroid dienone is 10. The molecule has 14 nitrogen and oxygen atoms in total. The summed E-state index contributed by atoms with van der Waals surface area (Å²) in [5.74, 6) is -0.392. The highest BCUT2D eigenvalue weighted by Crippen LogP contribution is 2.27. The molecule has 0 aromatic carbocycles. The standard InChI is InChI=1S/C61H108O14/c1-3-5-7-9-11-13-15-17-19-20-21-22-23-24-25-26-27-28-29-31-33-35-37-39-41-43-45-70-47-50(73-53(63)44-42-40-38-36-34-32-30-18-16-14-12-10-8-6-4-2)48-71-60-59(69)57(67)55(65)52(75-60)49-72-61-58(68)56(66)54(64)51(46-62)74-61/h6,8,12,14-15,17-18,20-21,30,50-52,54-62,64-69H,3-5,7,9-11,13,16,19,22-29,31-49H2,1-2H3/b8-6-,14-12-,17-15-,21-20-,30-18-. The van der Waals surface area contributed by atoms with Gasteiger partial charge in [0.1, 0.15) is 54.9 Å². The maximum Gasteiger partial charge on any atom is 0.306 e. The van der Waals surface area contributed by atoms with E-state index in [1.54, 1.807) is 0 Å². The second kappa shape index (κ2) is 47.7. The minimum atomic E-state index is -1.71. The summed E-state index contributed by atoms with van der Waals surface area (Å²) in [6.45, 7) is 3.56. The summed E-state index contributed by atoms with van der Waals surface area (Å²) in [6.07, 6.45) is 42.9. The van der Waals surface area contributed by atoms with Crippen LogP contribution in [0.5, 0.6) is 0 Å². The van der Waals surface area contributed by atoms with Gasteiger partial charge in [-0.05, 0) is 77.0 Å². The van der Waals surface area contributed by atoms with Crippen molar-refractivity contribution in [1.82, 2.24) is 0 Å². The molecule has 2 saturated heterocycles. The lowest BCUT2D eigenvalue weighted by Crippen LogP contribution is -2.61. The van der Waals surface area contributed by atoms with E-state index in [4.69, 9.17) is 28.4 Å². The highest BCUT2D eigenvalue weighted by Gasteiger charge is 2.47. The first-order valence-corrected chi connectivity index (χ1v) is 29.9. The van der Waals surface area contributed by atoms with E-state index in [1.165, 1.54) is 116 Å². The number of aliphatic hydroxyl groups is 7. The number of rotatable bonds is 48. The van der Waals surface area contributed by atoms with E-state index < -0.39 is 86.7 Å². The molecule has 2 fully saturated rings. The van der Waals surface area contributed by atoms with Crippen LogP contribution in [0.3, 0.4) is 0 Å². The van der Waals surface area contributed by atoms with Crippen LogP contribution in [0.2, 0.25) is 0 Å². The molecule has 0 aromatic heterocycles. The molecule has 0 saturated carbocycles. The minimum Gasteiger partial charge on any atom is -0.457 e. The minimum absolute atomic E-state index is 0.0530. The molecule has 14 heteroatoms. The Balaban J connectivity index is 1.67. The number of hydrogen-bond acceptors (Lipinski definition) is 14. The Morgan fingerprint density at radius 3 is 1.36 bits per heavy atom. The van der Waals surface area contributed by atoms with Gasteiger partial charge in [0.25, 0.3) is 0 Å². The van der Waals surface area contributed by atoms with Gasteiger partial charge in [-0.2, -0.15) is 0 Å². The van der Waals surface area contributed by atoms with E-state index in [0.717, 1.165) is 77.0 Å². The van der Waals surface area contributed by atoms with Crippen molar-refractivity contribution in [2.24, 2.45) is 0 Å². The molecule has 0 radical (unpaired) electrons. The maximum absolute atomic E-state index is 13.1. The van der Waals surface area contributed by atoms with Crippen molar-refractivity contribution in [2.75, 3.05) is 33.0 Å². The first-order chi connectivity index (χ1) is 36.6. The lowest BCUT2D eigenvalue weighted by Gasteiger charge is -2.42. The van der Waals surface area contributed by atoms with Gasteiger partial charge in [0.05, 0.1) is 26.4 Å². The lowest BCUT2D eigenvalue weighted by atomic mass is 9.98. The van der Waals surface area contributed by atoms with Gasteiger partial charge in [-0.1, -0.05) is 197 Å². The van der Waals surface area contributed by atoms with Gasteiger partial charge in [0, 0.05) is 13.0 Å². The number of hydrogen-bond donors (Lipinski definition) is 7. The third-order valence-electron chi connectivity index (χ3n) is 14.0. The molecule has 2 rings (SSSR count). The summed E-state index contributed by atoms with van der Waals surface area (Å²) in [4.78, 5) is 13.1. The van der Waals surface area contributed by atoms with Crippen molar-refractivity contribution >= 4 is 5.97 Å². The van der Waals surface area contributed by atoms with Crippen molar-refractivity contribution in [1.29, 1.82) is 0 Å². The van der Waals surface area contributed by atoms with Gasteiger partial charge in [-0.15, -0.1) is 0 Å². The van der Waals surface area contributed by atoms with E-state index in [0.29, 0.717) is 13.0 Å². The molecule has 0 bridgehead atoms. The molecule has 0 spiro atoms. The monoisotopic (exact) mass is 1060 g/mol. The number of carbonyl (C=O) groups excluding carboxylic acids is 1. The molecule has 2 heterocycles. The summed E-state index contributed by atoms with van der Waals surface area (Å²) in [7, 11) is 0. The average molecular weight is 1070 g/mol. The second-order valence-electron chi connectivity index (χ2n) is 20.8. The normalized spacial score (nSPS) is 25.0. The summed E-state index contributed by atoms with van der Waals surface area (Å²) >= 11 is 0. The Labute approximate surface area is 454 Å². The van der Waals surface area contributed by atoms with Crippen LogP contribution in [0.4, 0.5) is 0 Å². The Hall–Kier alpha value is -2.31. The van der Waals surface area contributed by atoms with Crippen molar-refractivity contribution < 1.29 is 69.0 Å². The van der Waals surface area contributed by atoms with Crippen LogP contribution in [0.15, 0.2) is 60.8 Å². The van der Waals surface area contributed by atoms with Crippen molar-refractivity contribution in [3.8, 4) is 0 Å². The molecular weight excluding hydrogens is 957 g/mol. The van der Waals surface area contributed by atoms with Crippen LogP contribution < -0.4 is 0 Å². The van der Waals surface area contributed by atoms with Crippen LogP contribution in [0.25, 0.3) is 0 Å². The predicted octanol–water partition coefficient (Wildman–Crippen LogP) is 10.9. The Morgan fingerprint density at radius 1 is 0.453 bits per heavy atom. The van der Waals surface area contributed by atoms with Gasteiger partial charge in [-0.25, -0.2) is 0 Å². The summed E-state index contributed by atoms with van der Waals surface area (Å²) in [5.41, 5.74) is 0. The number of esters is 1. The number of aliphatic hydroxyl groups excluding tert-OH is 7. The fourth-order valence-electron chi connectivity index (χ4n) is 9.21. The molecule has 7 N–H and O–H groups in total. The quantitative estimate of drug-likeness (QED) is 0.0172. The number of unbranched alkanes of at least 4 members (excludes halogenated alkanes) is 24. The third-order valence-corrected chi connectivity index (χ3v) is 14.0. The highest BCUT2D eigenvalue weighted by molar-refractivity contribution is 5.69. The van der Waals surface area contributed by atoms with Crippen LogP contribution >= 0.6 is 0 Å². The van der Waals surface area contributed by atoms with Crippen molar-refractivity contribution in [3.05, 3.63) is 60.8 Å². The van der Waals surface area contributed by atoms with Gasteiger partial charge in [0.15, 0.2) is 12.6 Å². The SMILES string of the molecule is CC/C=C\C/C=C\C/C=C\CCCCCCCC(=O)OC(COCCCCCCCCCCCCCCCC/C=C\C/C=C\CCCCCCC)COC1OC(COC2OC(CO)C(O)C(O)C2O)C(O)C(O)C1O. The summed E-state index contributed by atoms with van der Waals surface area (Å²) in [6, 6.07) is 0. The van der Waals surface area contributed by atoms with Crippen molar-refractivity contribution in [3.63, 3.8) is 0 Å². The zero-order valence-corrected chi connectivity index (χ0v) is 46.8. The smallest absolute Gasteiger partial charge is 0.306 e. The van der Waals surface area contributed by atoms with Crippen LogP contribution in [-0.4, -0.2) is 142 Å². The topological polar surface area (TPSA) is 214 Å². The molecule has 0 amide bonds. The molecule has 11 unspecified atom stereocenters. The van der Waals surface area contributed by atoms with Gasteiger partial charge >= 0.3 is 5.97 Å². The maximum atomic E-state index is 13.1. The highest BCUT2D eigenvalue weighted by atomic mass is 16.7. The third kappa shape index (κ3) is 34.3. The number of ether oxygens (including phenoxy) is 6. The van der Waals surface area contributed by atoms with Crippen LogP contribution in [0, 0.1) is 0 Å². The van der Waals surface area contributed by atoms with E-state index >= 15 is 0 Å². The van der Waals surface area contributed by atoms with Gasteiger partial charge in [0.2, 0.25) is 0 Å². The zero-order chi connectivity index (χ0) is 54.4.